The molecule has 0 spiro atoms. The summed E-state index contributed by atoms with van der Waals surface area (Å²) in [5.41, 5.74) is 4.11. The maximum atomic E-state index is 12.8. The third-order valence-corrected chi connectivity index (χ3v) is 4.39. The number of carbonyl (C=O) groups is 2. The number of ketones is 2. The number of rotatable bonds is 8. The van der Waals surface area contributed by atoms with Crippen LogP contribution in [0, 0.1) is 0 Å². The van der Waals surface area contributed by atoms with Crippen LogP contribution in [0.5, 0.6) is 0 Å². The summed E-state index contributed by atoms with van der Waals surface area (Å²) >= 11 is 0. The highest BCUT2D eigenvalue weighted by atomic mass is 16.1. The number of benzene rings is 2. The summed E-state index contributed by atoms with van der Waals surface area (Å²) in [6.45, 7) is 11.1. The number of nitrogens with zero attached hydrogens (tertiary/aromatic N) is 1. The van der Waals surface area contributed by atoms with Gasteiger partial charge >= 0.3 is 0 Å². The van der Waals surface area contributed by atoms with Crippen LogP contribution in [0.1, 0.15) is 52.6 Å². The maximum absolute atomic E-state index is 12.8. The van der Waals surface area contributed by atoms with Gasteiger partial charge in [-0.05, 0) is 31.9 Å². The number of hydrogen-bond donors (Lipinski definition) is 0. The Morgan fingerprint density at radius 2 is 1.38 bits per heavy atom. The summed E-state index contributed by atoms with van der Waals surface area (Å²) in [5, 5.41) is 0. The van der Waals surface area contributed by atoms with Crippen molar-refractivity contribution in [3.8, 4) is 0 Å². The molecule has 0 unspecified atom stereocenters. The highest BCUT2D eigenvalue weighted by molar-refractivity contribution is 6.08. The van der Waals surface area contributed by atoms with Gasteiger partial charge in [0.2, 0.25) is 0 Å². The fraction of sp³-hybridized carbons (Fsp3) is 0.217. The largest absolute Gasteiger partial charge is 0.371 e. The molecule has 26 heavy (non-hydrogen) atoms. The number of allylic oxidation sites excluding steroid dienone is 1. The third-order valence-electron chi connectivity index (χ3n) is 4.39. The highest BCUT2D eigenvalue weighted by Gasteiger charge is 2.12. The zero-order chi connectivity index (χ0) is 19.1. The van der Waals surface area contributed by atoms with Gasteiger partial charge < -0.3 is 4.90 Å². The van der Waals surface area contributed by atoms with Gasteiger partial charge in [-0.25, -0.2) is 0 Å². The molecular weight excluding hydrogens is 322 g/mol. The topological polar surface area (TPSA) is 37.4 Å². The quantitative estimate of drug-likeness (QED) is 0.492. The minimum absolute atomic E-state index is 0.00863. The molecule has 2 aromatic rings. The standard InChI is InChI=1S/C23H25NO2/c1-5-18-8-10-20(11-9-18)22(24(6-2)7-3)16-23(26)21-14-12-19(13-15-21)17(4)25/h5,8-16H,1,6-7H2,2-4H3/b22-16-. The average molecular weight is 347 g/mol. The van der Waals surface area contributed by atoms with E-state index in [-0.39, 0.29) is 11.6 Å². The second kappa shape index (κ2) is 8.95. The molecule has 2 rings (SSSR count). The van der Waals surface area contributed by atoms with Crippen LogP contribution < -0.4 is 0 Å². The molecule has 0 aromatic heterocycles. The van der Waals surface area contributed by atoms with Crippen molar-refractivity contribution in [3.63, 3.8) is 0 Å². The molecule has 3 heteroatoms. The molecule has 0 saturated carbocycles. The van der Waals surface area contributed by atoms with Gasteiger partial charge in [0, 0.05) is 36.0 Å². The molecule has 3 nitrogen and oxygen atoms in total. The van der Waals surface area contributed by atoms with Crippen LogP contribution in [-0.4, -0.2) is 29.6 Å². The molecule has 0 fully saturated rings. The van der Waals surface area contributed by atoms with E-state index in [9.17, 15) is 9.59 Å². The van der Waals surface area contributed by atoms with Crippen molar-refractivity contribution >= 4 is 23.3 Å². The molecule has 0 aliphatic heterocycles. The Labute approximate surface area is 155 Å². The van der Waals surface area contributed by atoms with E-state index in [0.717, 1.165) is 29.9 Å². The molecule has 0 atom stereocenters. The molecular formula is C23H25NO2. The summed E-state index contributed by atoms with van der Waals surface area (Å²) in [6.07, 6.45) is 3.48. The van der Waals surface area contributed by atoms with E-state index in [2.05, 4.69) is 25.3 Å². The minimum atomic E-state index is -0.0743. The first-order valence-electron chi connectivity index (χ1n) is 8.85. The van der Waals surface area contributed by atoms with Crippen molar-refractivity contribution in [1.82, 2.24) is 4.90 Å². The summed E-state index contributed by atoms with van der Waals surface area (Å²) in [4.78, 5) is 26.3. The summed E-state index contributed by atoms with van der Waals surface area (Å²) in [7, 11) is 0. The predicted molar refractivity (Wildman–Crippen MR) is 108 cm³/mol. The molecule has 0 saturated heterocycles. The minimum Gasteiger partial charge on any atom is -0.371 e. The second-order valence-corrected chi connectivity index (χ2v) is 6.03. The molecule has 134 valence electrons. The van der Waals surface area contributed by atoms with Gasteiger partial charge in [0.1, 0.15) is 0 Å². The van der Waals surface area contributed by atoms with Crippen LogP contribution in [0.3, 0.4) is 0 Å². The van der Waals surface area contributed by atoms with E-state index in [1.54, 1.807) is 36.4 Å². The Morgan fingerprint density at radius 3 is 1.85 bits per heavy atom. The van der Waals surface area contributed by atoms with E-state index >= 15 is 0 Å². The Kier molecular flexibility index (Phi) is 6.67. The molecule has 2 aromatic carbocycles. The first-order valence-corrected chi connectivity index (χ1v) is 8.85. The normalized spacial score (nSPS) is 11.1. The van der Waals surface area contributed by atoms with Gasteiger partial charge in [0.25, 0.3) is 0 Å². The Hall–Kier alpha value is -2.94. The Morgan fingerprint density at radius 1 is 0.885 bits per heavy atom. The van der Waals surface area contributed by atoms with Crippen molar-refractivity contribution < 1.29 is 9.59 Å². The number of hydrogen-bond acceptors (Lipinski definition) is 3. The number of carbonyl (C=O) groups excluding carboxylic acids is 2. The lowest BCUT2D eigenvalue weighted by Gasteiger charge is -2.25. The van der Waals surface area contributed by atoms with Gasteiger partial charge in [-0.1, -0.05) is 61.2 Å². The van der Waals surface area contributed by atoms with Crippen LogP contribution in [0.2, 0.25) is 0 Å². The molecule has 0 radical (unpaired) electrons. The summed E-state index contributed by atoms with van der Waals surface area (Å²) in [6, 6.07) is 14.8. The molecule has 0 heterocycles. The zero-order valence-corrected chi connectivity index (χ0v) is 15.7. The summed E-state index contributed by atoms with van der Waals surface area (Å²) < 4.78 is 0. The first-order chi connectivity index (χ1) is 12.5. The summed E-state index contributed by atoms with van der Waals surface area (Å²) in [5.74, 6) is -0.0829. The zero-order valence-electron chi connectivity index (χ0n) is 15.7. The molecule has 0 bridgehead atoms. The fourth-order valence-electron chi connectivity index (χ4n) is 2.79. The molecule has 0 amide bonds. The van der Waals surface area contributed by atoms with Crippen LogP contribution in [0.4, 0.5) is 0 Å². The maximum Gasteiger partial charge on any atom is 0.187 e. The van der Waals surface area contributed by atoms with Gasteiger partial charge in [-0.3, -0.25) is 9.59 Å². The fourth-order valence-corrected chi connectivity index (χ4v) is 2.79. The first kappa shape index (κ1) is 19.4. The van der Waals surface area contributed by atoms with Crippen LogP contribution in [-0.2, 0) is 0 Å². The molecule has 0 aliphatic carbocycles. The number of Topliss-reactive ketones (excluding diaryl/α,β-unsaturated/α-hetero) is 1. The lowest BCUT2D eigenvalue weighted by atomic mass is 10.0. The van der Waals surface area contributed by atoms with Crippen LogP contribution >= 0.6 is 0 Å². The van der Waals surface area contributed by atoms with Gasteiger partial charge in [0.15, 0.2) is 11.6 Å². The van der Waals surface area contributed by atoms with Crippen molar-refractivity contribution in [2.75, 3.05) is 13.1 Å². The lowest BCUT2D eigenvalue weighted by Crippen LogP contribution is -2.22. The van der Waals surface area contributed by atoms with E-state index in [1.165, 1.54) is 6.92 Å². The average Bonchev–Trinajstić information content (AvgIpc) is 2.68. The van der Waals surface area contributed by atoms with E-state index < -0.39 is 0 Å². The van der Waals surface area contributed by atoms with E-state index in [0.29, 0.717) is 11.1 Å². The third kappa shape index (κ3) is 4.57. The molecule has 0 N–H and O–H groups in total. The smallest absolute Gasteiger partial charge is 0.187 e. The highest BCUT2D eigenvalue weighted by Crippen LogP contribution is 2.21. The second-order valence-electron chi connectivity index (χ2n) is 6.03. The van der Waals surface area contributed by atoms with Crippen molar-refractivity contribution in [3.05, 3.63) is 83.4 Å². The monoisotopic (exact) mass is 347 g/mol. The van der Waals surface area contributed by atoms with Crippen molar-refractivity contribution in [2.24, 2.45) is 0 Å². The lowest BCUT2D eigenvalue weighted by molar-refractivity contribution is 0.101. The molecule has 0 aliphatic rings. The van der Waals surface area contributed by atoms with Crippen molar-refractivity contribution in [1.29, 1.82) is 0 Å². The van der Waals surface area contributed by atoms with Gasteiger partial charge in [0.05, 0.1) is 0 Å². The predicted octanol–water partition coefficient (Wildman–Crippen LogP) is 5.10. The van der Waals surface area contributed by atoms with Crippen LogP contribution in [0.15, 0.2) is 61.2 Å². The Balaban J connectivity index is 2.40. The SMILES string of the molecule is C=Cc1ccc(/C(=C/C(=O)c2ccc(C(C)=O)cc2)N(CC)CC)cc1. The van der Waals surface area contributed by atoms with Crippen LogP contribution in [0.25, 0.3) is 11.8 Å². The van der Waals surface area contributed by atoms with Crippen molar-refractivity contribution in [2.45, 2.75) is 20.8 Å². The van der Waals surface area contributed by atoms with E-state index in [1.807, 2.05) is 24.3 Å². The van der Waals surface area contributed by atoms with Gasteiger partial charge in [-0.15, -0.1) is 0 Å². The Bertz CT molecular complexity index is 810. The van der Waals surface area contributed by atoms with E-state index in [4.69, 9.17) is 0 Å². The van der Waals surface area contributed by atoms with Gasteiger partial charge in [-0.2, -0.15) is 0 Å².